The minimum absolute atomic E-state index is 0.315. The summed E-state index contributed by atoms with van der Waals surface area (Å²) in [6, 6.07) is 8.84. The Bertz CT molecular complexity index is 1260. The molecule has 7 heteroatoms. The van der Waals surface area contributed by atoms with Crippen LogP contribution in [-0.4, -0.2) is 43.3 Å². The van der Waals surface area contributed by atoms with Gasteiger partial charge in [-0.2, -0.15) is 5.10 Å². The van der Waals surface area contributed by atoms with E-state index in [1.165, 1.54) is 17.8 Å². The van der Waals surface area contributed by atoms with Crippen molar-refractivity contribution in [2.45, 2.75) is 39.7 Å². The number of imidazole rings is 1. The molecule has 0 saturated carbocycles. The smallest absolute Gasteiger partial charge is 0.165 e. The maximum absolute atomic E-state index is 14.0. The molecule has 0 fully saturated rings. The van der Waals surface area contributed by atoms with Crippen molar-refractivity contribution < 1.29 is 9.50 Å². The summed E-state index contributed by atoms with van der Waals surface area (Å²) in [5.74, 6) is -0.145. The third kappa shape index (κ3) is 3.49. The Kier molecular flexibility index (Phi) is 4.98. The molecular formula is C24H26FN5O. The Hall–Kier alpha value is -3.19. The quantitative estimate of drug-likeness (QED) is 0.434. The molecule has 0 saturated heterocycles. The number of phenols is 1. The standard InChI is InChI=1S/C24H26FN5O/c1-3-8-30-9-7-19-21(13-30)27-24(26-19)23-16-6-5-15(10-20(16)28-29-23)17-12-18(25)22(31)11-14(17)4-2/h5-6,10-12,31H,3-4,7-9,13H2,1-2H3,(H,26,27)(H,28,29). The van der Waals surface area contributed by atoms with Gasteiger partial charge in [-0.1, -0.05) is 19.9 Å². The van der Waals surface area contributed by atoms with Crippen LogP contribution in [0.1, 0.15) is 37.2 Å². The van der Waals surface area contributed by atoms with Gasteiger partial charge in [-0.25, -0.2) is 9.37 Å². The molecule has 0 aliphatic carbocycles. The molecule has 0 amide bonds. The molecule has 3 N–H and O–H groups in total. The molecule has 1 aliphatic heterocycles. The predicted molar refractivity (Wildman–Crippen MR) is 119 cm³/mol. The summed E-state index contributed by atoms with van der Waals surface area (Å²) in [6.45, 7) is 7.23. The number of aromatic hydroxyl groups is 1. The largest absolute Gasteiger partial charge is 0.505 e. The van der Waals surface area contributed by atoms with Crippen molar-refractivity contribution in [3.63, 3.8) is 0 Å². The zero-order chi connectivity index (χ0) is 21.5. The van der Waals surface area contributed by atoms with E-state index in [0.717, 1.165) is 77.3 Å². The zero-order valence-corrected chi connectivity index (χ0v) is 17.8. The predicted octanol–water partition coefficient (Wildman–Crippen LogP) is 4.80. The number of benzene rings is 2. The van der Waals surface area contributed by atoms with Gasteiger partial charge in [-0.3, -0.25) is 10.00 Å². The van der Waals surface area contributed by atoms with Gasteiger partial charge in [-0.05, 0) is 60.3 Å². The van der Waals surface area contributed by atoms with Crippen LogP contribution in [-0.2, 0) is 19.4 Å². The number of hydrogen-bond donors (Lipinski definition) is 3. The zero-order valence-electron chi connectivity index (χ0n) is 17.8. The first-order chi connectivity index (χ1) is 15.1. The Morgan fingerprint density at radius 2 is 2.06 bits per heavy atom. The summed E-state index contributed by atoms with van der Waals surface area (Å²) >= 11 is 0. The third-order valence-corrected chi connectivity index (χ3v) is 6.10. The normalized spacial score (nSPS) is 14.3. The van der Waals surface area contributed by atoms with E-state index in [1.54, 1.807) is 0 Å². The van der Waals surface area contributed by atoms with E-state index in [2.05, 4.69) is 27.0 Å². The summed E-state index contributed by atoms with van der Waals surface area (Å²) in [7, 11) is 0. The Morgan fingerprint density at radius 1 is 1.19 bits per heavy atom. The summed E-state index contributed by atoms with van der Waals surface area (Å²) in [4.78, 5) is 10.8. The van der Waals surface area contributed by atoms with E-state index < -0.39 is 5.82 Å². The van der Waals surface area contributed by atoms with Crippen molar-refractivity contribution in [2.75, 3.05) is 13.1 Å². The van der Waals surface area contributed by atoms with Crippen molar-refractivity contribution in [1.82, 2.24) is 25.1 Å². The van der Waals surface area contributed by atoms with Gasteiger partial charge in [0, 0.05) is 24.9 Å². The second-order valence-electron chi connectivity index (χ2n) is 8.18. The van der Waals surface area contributed by atoms with Gasteiger partial charge in [0.2, 0.25) is 0 Å². The lowest BCUT2D eigenvalue weighted by Crippen LogP contribution is -2.31. The van der Waals surface area contributed by atoms with E-state index in [9.17, 15) is 9.50 Å². The number of halogens is 1. The second kappa shape index (κ2) is 7.81. The van der Waals surface area contributed by atoms with Gasteiger partial charge in [-0.15, -0.1) is 0 Å². The molecular weight excluding hydrogens is 393 g/mol. The van der Waals surface area contributed by atoms with E-state index in [-0.39, 0.29) is 5.75 Å². The molecule has 3 heterocycles. The minimum atomic E-state index is -0.615. The van der Waals surface area contributed by atoms with Crippen LogP contribution in [0.3, 0.4) is 0 Å². The number of aromatic nitrogens is 4. The lowest BCUT2D eigenvalue weighted by molar-refractivity contribution is 0.250. The highest BCUT2D eigenvalue weighted by molar-refractivity contribution is 5.94. The molecule has 31 heavy (non-hydrogen) atoms. The molecule has 2 aromatic carbocycles. The first-order valence-corrected chi connectivity index (χ1v) is 10.9. The third-order valence-electron chi connectivity index (χ3n) is 6.10. The number of nitrogens with one attached hydrogen (secondary N) is 2. The highest BCUT2D eigenvalue weighted by atomic mass is 19.1. The second-order valence-corrected chi connectivity index (χ2v) is 8.18. The lowest BCUT2D eigenvalue weighted by atomic mass is 9.96. The first kappa shape index (κ1) is 19.8. The van der Waals surface area contributed by atoms with Crippen molar-refractivity contribution in [3.8, 4) is 28.4 Å². The van der Waals surface area contributed by atoms with Crippen molar-refractivity contribution in [1.29, 1.82) is 0 Å². The van der Waals surface area contributed by atoms with E-state index in [1.807, 2.05) is 25.1 Å². The summed E-state index contributed by atoms with van der Waals surface area (Å²) in [5.41, 5.74) is 6.52. The van der Waals surface area contributed by atoms with Crippen LogP contribution in [0.2, 0.25) is 0 Å². The molecule has 0 bridgehead atoms. The maximum Gasteiger partial charge on any atom is 0.165 e. The average molecular weight is 420 g/mol. The highest BCUT2D eigenvalue weighted by Crippen LogP contribution is 2.34. The summed E-state index contributed by atoms with van der Waals surface area (Å²) < 4.78 is 14.0. The minimum Gasteiger partial charge on any atom is -0.505 e. The molecule has 0 unspecified atom stereocenters. The van der Waals surface area contributed by atoms with E-state index in [4.69, 9.17) is 4.98 Å². The number of fused-ring (bicyclic) bond motifs is 2. The number of phenolic OH excluding ortho intramolecular Hbond substituents is 1. The van der Waals surface area contributed by atoms with Gasteiger partial charge in [0.25, 0.3) is 0 Å². The van der Waals surface area contributed by atoms with Gasteiger partial charge >= 0.3 is 0 Å². The van der Waals surface area contributed by atoms with E-state index >= 15 is 0 Å². The number of nitrogens with zero attached hydrogens (tertiary/aromatic N) is 3. The molecule has 1 aliphatic rings. The SMILES string of the molecule is CCCN1CCc2nc(-c3n[nH]c4cc(-c5cc(F)c(O)cc5CC)ccc34)[nH]c2C1. The van der Waals surface area contributed by atoms with Crippen molar-refractivity contribution in [2.24, 2.45) is 0 Å². The van der Waals surface area contributed by atoms with Crippen molar-refractivity contribution >= 4 is 10.9 Å². The molecule has 160 valence electrons. The molecule has 0 spiro atoms. The van der Waals surface area contributed by atoms with Crippen LogP contribution in [0.4, 0.5) is 4.39 Å². The van der Waals surface area contributed by atoms with Crippen molar-refractivity contribution in [3.05, 3.63) is 53.1 Å². The number of aryl methyl sites for hydroxylation is 1. The Labute approximate surface area is 180 Å². The number of H-pyrrole nitrogens is 2. The molecule has 0 radical (unpaired) electrons. The molecule has 0 atom stereocenters. The Morgan fingerprint density at radius 3 is 2.87 bits per heavy atom. The Balaban J connectivity index is 1.51. The maximum atomic E-state index is 14.0. The number of hydrogen-bond acceptors (Lipinski definition) is 4. The fourth-order valence-corrected chi connectivity index (χ4v) is 4.50. The summed E-state index contributed by atoms with van der Waals surface area (Å²) in [6.07, 6.45) is 2.79. The van der Waals surface area contributed by atoms with Crippen LogP contribution in [0, 0.1) is 5.82 Å². The fourth-order valence-electron chi connectivity index (χ4n) is 4.50. The summed E-state index contributed by atoms with van der Waals surface area (Å²) in [5, 5.41) is 18.3. The molecule has 4 aromatic rings. The first-order valence-electron chi connectivity index (χ1n) is 10.9. The monoisotopic (exact) mass is 419 g/mol. The molecule has 2 aromatic heterocycles. The molecule has 6 nitrogen and oxygen atoms in total. The van der Waals surface area contributed by atoms with Crippen LogP contribution in [0.25, 0.3) is 33.5 Å². The highest BCUT2D eigenvalue weighted by Gasteiger charge is 2.22. The van der Waals surface area contributed by atoms with Gasteiger partial charge < -0.3 is 10.1 Å². The van der Waals surface area contributed by atoms with Gasteiger partial charge in [0.1, 0.15) is 5.69 Å². The van der Waals surface area contributed by atoms with Crippen LogP contribution in [0.5, 0.6) is 5.75 Å². The average Bonchev–Trinajstić information content (AvgIpc) is 3.38. The fraction of sp³-hybridized carbons (Fsp3) is 0.333. The van der Waals surface area contributed by atoms with Gasteiger partial charge in [0.05, 0.1) is 16.9 Å². The van der Waals surface area contributed by atoms with E-state index in [0.29, 0.717) is 6.42 Å². The van der Waals surface area contributed by atoms with Gasteiger partial charge in [0.15, 0.2) is 17.4 Å². The van der Waals surface area contributed by atoms with Crippen LogP contribution >= 0.6 is 0 Å². The lowest BCUT2D eigenvalue weighted by Gasteiger charge is -2.25. The van der Waals surface area contributed by atoms with Crippen LogP contribution in [0.15, 0.2) is 30.3 Å². The van der Waals surface area contributed by atoms with Crippen LogP contribution < -0.4 is 0 Å². The number of aromatic amines is 2. The number of rotatable bonds is 5. The molecule has 5 rings (SSSR count). The topological polar surface area (TPSA) is 80.8 Å².